The second kappa shape index (κ2) is 8.60. The van der Waals surface area contributed by atoms with Crippen LogP contribution in [-0.2, 0) is 0 Å². The van der Waals surface area contributed by atoms with E-state index in [4.69, 9.17) is 0 Å². The number of para-hydroxylation sites is 1. The SMILES string of the molecule is CNCC1CCCN1C(=O)c1nc(C(C)C)n(-c2ccccc2F)n1.Cl. The van der Waals surface area contributed by atoms with Crippen molar-refractivity contribution < 1.29 is 9.18 Å². The summed E-state index contributed by atoms with van der Waals surface area (Å²) in [5, 5.41) is 7.48. The third kappa shape index (κ3) is 3.88. The molecule has 3 rings (SSSR count). The zero-order valence-electron chi connectivity index (χ0n) is 15.3. The number of benzene rings is 1. The topological polar surface area (TPSA) is 63.1 Å². The average molecular weight is 382 g/mol. The molecule has 1 saturated heterocycles. The standard InChI is InChI=1S/C18H24FN5O.ClH/c1-12(2)17-21-16(18(25)23-10-6-7-13(23)11-20-3)22-24(17)15-9-5-4-8-14(15)19;/h4-5,8-9,12-13,20H,6-7,10-11H2,1-3H3;1H. The maximum Gasteiger partial charge on any atom is 0.293 e. The molecule has 0 bridgehead atoms. The maximum absolute atomic E-state index is 14.2. The Balaban J connectivity index is 0.00000243. The second-order valence-corrected chi connectivity index (χ2v) is 6.66. The molecular weight excluding hydrogens is 357 g/mol. The highest BCUT2D eigenvalue weighted by molar-refractivity contribution is 5.91. The largest absolute Gasteiger partial charge is 0.332 e. The summed E-state index contributed by atoms with van der Waals surface area (Å²) in [6, 6.07) is 6.55. The van der Waals surface area contributed by atoms with Gasteiger partial charge in [-0.15, -0.1) is 17.5 Å². The minimum Gasteiger partial charge on any atom is -0.332 e. The monoisotopic (exact) mass is 381 g/mol. The molecule has 1 aliphatic rings. The Bertz CT molecular complexity index is 764. The number of amides is 1. The molecule has 0 aliphatic carbocycles. The first-order valence-electron chi connectivity index (χ1n) is 8.70. The van der Waals surface area contributed by atoms with Crippen LogP contribution in [0.1, 0.15) is 49.1 Å². The van der Waals surface area contributed by atoms with E-state index in [0.717, 1.165) is 19.4 Å². The number of carbonyl (C=O) groups is 1. The van der Waals surface area contributed by atoms with E-state index in [2.05, 4.69) is 15.4 Å². The number of halogens is 2. The fourth-order valence-electron chi connectivity index (χ4n) is 3.27. The van der Waals surface area contributed by atoms with Gasteiger partial charge in [-0.2, -0.15) is 0 Å². The fraction of sp³-hybridized carbons (Fsp3) is 0.500. The smallest absolute Gasteiger partial charge is 0.293 e. The lowest BCUT2D eigenvalue weighted by Crippen LogP contribution is -2.41. The van der Waals surface area contributed by atoms with Crippen molar-refractivity contribution in [3.8, 4) is 5.69 Å². The zero-order valence-corrected chi connectivity index (χ0v) is 16.1. The number of nitrogens with one attached hydrogen (secondary N) is 1. The lowest BCUT2D eigenvalue weighted by atomic mass is 10.2. The normalized spacial score (nSPS) is 16.8. The van der Waals surface area contributed by atoms with Gasteiger partial charge in [0, 0.05) is 25.0 Å². The average Bonchev–Trinajstić information content (AvgIpc) is 3.22. The summed E-state index contributed by atoms with van der Waals surface area (Å²) in [6.45, 7) is 5.36. The van der Waals surface area contributed by atoms with Crippen LogP contribution in [0.5, 0.6) is 0 Å². The number of hydrogen-bond donors (Lipinski definition) is 1. The molecule has 26 heavy (non-hydrogen) atoms. The Hall–Kier alpha value is -1.99. The molecule has 0 radical (unpaired) electrons. The van der Waals surface area contributed by atoms with Crippen LogP contribution in [0.2, 0.25) is 0 Å². The molecule has 142 valence electrons. The molecule has 6 nitrogen and oxygen atoms in total. The van der Waals surface area contributed by atoms with Crippen LogP contribution in [0.15, 0.2) is 24.3 Å². The summed E-state index contributed by atoms with van der Waals surface area (Å²) in [7, 11) is 1.88. The number of likely N-dealkylation sites (N-methyl/N-ethyl adjacent to an activating group) is 1. The number of nitrogens with zero attached hydrogens (tertiary/aromatic N) is 4. The molecule has 2 aromatic rings. The zero-order chi connectivity index (χ0) is 18.0. The van der Waals surface area contributed by atoms with Gasteiger partial charge in [0.1, 0.15) is 17.3 Å². The molecule has 1 N–H and O–H groups in total. The van der Waals surface area contributed by atoms with Gasteiger partial charge in [0.2, 0.25) is 5.82 Å². The van der Waals surface area contributed by atoms with Gasteiger partial charge < -0.3 is 10.2 Å². The predicted octanol–water partition coefficient (Wildman–Crippen LogP) is 2.78. The summed E-state index contributed by atoms with van der Waals surface area (Å²) < 4.78 is 15.7. The molecule has 0 spiro atoms. The molecule has 2 heterocycles. The number of hydrogen-bond acceptors (Lipinski definition) is 4. The van der Waals surface area contributed by atoms with E-state index in [1.54, 1.807) is 18.2 Å². The highest BCUT2D eigenvalue weighted by Crippen LogP contribution is 2.22. The summed E-state index contributed by atoms with van der Waals surface area (Å²) >= 11 is 0. The van der Waals surface area contributed by atoms with Gasteiger partial charge in [-0.05, 0) is 32.0 Å². The van der Waals surface area contributed by atoms with Gasteiger partial charge in [-0.3, -0.25) is 4.79 Å². The van der Waals surface area contributed by atoms with Crippen molar-refractivity contribution >= 4 is 18.3 Å². The van der Waals surface area contributed by atoms with Gasteiger partial charge in [0.05, 0.1) is 0 Å². The Labute approximate surface area is 159 Å². The van der Waals surface area contributed by atoms with Crippen LogP contribution in [0, 0.1) is 5.82 Å². The Morgan fingerprint density at radius 3 is 2.77 bits per heavy atom. The molecule has 1 atom stereocenters. The molecule has 0 saturated carbocycles. The van der Waals surface area contributed by atoms with Gasteiger partial charge in [-0.25, -0.2) is 14.1 Å². The number of carbonyl (C=O) groups excluding carboxylic acids is 1. The molecule has 1 aromatic carbocycles. The summed E-state index contributed by atoms with van der Waals surface area (Å²) in [6.07, 6.45) is 1.95. The fourth-order valence-corrected chi connectivity index (χ4v) is 3.27. The lowest BCUT2D eigenvalue weighted by Gasteiger charge is -2.23. The highest BCUT2D eigenvalue weighted by atomic mass is 35.5. The van der Waals surface area contributed by atoms with Crippen molar-refractivity contribution in [3.05, 3.63) is 41.7 Å². The van der Waals surface area contributed by atoms with E-state index < -0.39 is 0 Å². The number of rotatable bonds is 5. The number of aromatic nitrogens is 3. The minimum atomic E-state index is -0.387. The first kappa shape index (κ1) is 20.3. The predicted molar refractivity (Wildman–Crippen MR) is 101 cm³/mol. The Morgan fingerprint density at radius 1 is 1.38 bits per heavy atom. The van der Waals surface area contributed by atoms with Crippen molar-refractivity contribution in [2.24, 2.45) is 0 Å². The third-order valence-corrected chi connectivity index (χ3v) is 4.50. The summed E-state index contributed by atoms with van der Waals surface area (Å²) in [5.74, 6) is 0.158. The van der Waals surface area contributed by atoms with Crippen molar-refractivity contribution in [2.75, 3.05) is 20.1 Å². The van der Waals surface area contributed by atoms with Gasteiger partial charge >= 0.3 is 0 Å². The van der Waals surface area contributed by atoms with Crippen molar-refractivity contribution in [2.45, 2.75) is 38.6 Å². The first-order chi connectivity index (χ1) is 12.0. The first-order valence-corrected chi connectivity index (χ1v) is 8.70. The van der Waals surface area contributed by atoms with Crippen molar-refractivity contribution in [3.63, 3.8) is 0 Å². The van der Waals surface area contributed by atoms with Gasteiger partial charge in [-0.1, -0.05) is 26.0 Å². The molecule has 1 unspecified atom stereocenters. The Morgan fingerprint density at radius 2 is 2.12 bits per heavy atom. The molecule has 1 aromatic heterocycles. The van der Waals surface area contributed by atoms with Crippen LogP contribution in [-0.4, -0.2) is 51.8 Å². The molecular formula is C18H25ClFN5O. The summed E-state index contributed by atoms with van der Waals surface area (Å²) in [5.41, 5.74) is 0.311. The van der Waals surface area contributed by atoms with E-state index in [1.165, 1.54) is 10.7 Å². The maximum atomic E-state index is 14.2. The third-order valence-electron chi connectivity index (χ3n) is 4.50. The molecule has 1 fully saturated rings. The van der Waals surface area contributed by atoms with Gasteiger partial charge in [0.25, 0.3) is 5.91 Å². The second-order valence-electron chi connectivity index (χ2n) is 6.66. The summed E-state index contributed by atoms with van der Waals surface area (Å²) in [4.78, 5) is 19.2. The van der Waals surface area contributed by atoms with E-state index >= 15 is 0 Å². The van der Waals surface area contributed by atoms with Crippen LogP contribution in [0.4, 0.5) is 4.39 Å². The van der Waals surface area contributed by atoms with Crippen molar-refractivity contribution in [1.29, 1.82) is 0 Å². The van der Waals surface area contributed by atoms with E-state index in [9.17, 15) is 9.18 Å². The Kier molecular flexibility index (Phi) is 6.72. The molecule has 1 aliphatic heterocycles. The van der Waals surface area contributed by atoms with E-state index in [1.807, 2.05) is 25.8 Å². The minimum absolute atomic E-state index is 0. The van der Waals surface area contributed by atoms with Crippen LogP contribution >= 0.6 is 12.4 Å². The van der Waals surface area contributed by atoms with E-state index in [-0.39, 0.29) is 41.9 Å². The molecule has 8 heteroatoms. The lowest BCUT2D eigenvalue weighted by molar-refractivity contribution is 0.0724. The number of likely N-dealkylation sites (tertiary alicyclic amines) is 1. The quantitative estimate of drug-likeness (QED) is 0.865. The molecule has 1 amide bonds. The van der Waals surface area contributed by atoms with Crippen molar-refractivity contribution in [1.82, 2.24) is 25.0 Å². The van der Waals surface area contributed by atoms with Crippen LogP contribution in [0.25, 0.3) is 5.69 Å². The highest BCUT2D eigenvalue weighted by Gasteiger charge is 2.32. The van der Waals surface area contributed by atoms with Crippen LogP contribution < -0.4 is 5.32 Å². The van der Waals surface area contributed by atoms with E-state index in [0.29, 0.717) is 18.1 Å². The van der Waals surface area contributed by atoms with Gasteiger partial charge in [0.15, 0.2) is 0 Å². The van der Waals surface area contributed by atoms with Crippen LogP contribution in [0.3, 0.4) is 0 Å².